The largest absolute Gasteiger partial charge is 0.508 e. The molecule has 0 saturated carbocycles. The minimum atomic E-state index is -1.20. The van der Waals surface area contributed by atoms with Gasteiger partial charge in [-0.05, 0) is 66.3 Å². The van der Waals surface area contributed by atoms with E-state index in [0.29, 0.717) is 33.8 Å². The topological polar surface area (TPSA) is 132 Å². The Morgan fingerprint density at radius 1 is 0.905 bits per heavy atom. The van der Waals surface area contributed by atoms with Gasteiger partial charge in [-0.3, -0.25) is 9.59 Å². The van der Waals surface area contributed by atoms with Crippen LogP contribution in [0.3, 0.4) is 0 Å². The molecular formula is C33H35FN2O6. The lowest BCUT2D eigenvalue weighted by atomic mass is 9.94. The number of carboxylic acid groups (broad SMARTS) is 1. The van der Waals surface area contributed by atoms with E-state index in [-0.39, 0.29) is 31.1 Å². The van der Waals surface area contributed by atoms with Gasteiger partial charge < -0.3 is 30.3 Å². The van der Waals surface area contributed by atoms with E-state index in [0.717, 1.165) is 5.56 Å². The molecule has 0 aliphatic rings. The number of aliphatic hydroxyl groups is 2. The molecule has 1 amide bonds. The molecule has 1 aromatic heterocycles. The fourth-order valence-electron chi connectivity index (χ4n) is 5.27. The number of benzene rings is 3. The van der Waals surface area contributed by atoms with Crippen LogP contribution in [0.4, 0.5) is 10.1 Å². The third kappa shape index (κ3) is 7.23. The van der Waals surface area contributed by atoms with Gasteiger partial charge in [-0.2, -0.15) is 0 Å². The van der Waals surface area contributed by atoms with Crippen molar-refractivity contribution in [2.45, 2.75) is 57.8 Å². The smallest absolute Gasteiger partial charge is 0.305 e. The van der Waals surface area contributed by atoms with Crippen molar-refractivity contribution in [1.29, 1.82) is 0 Å². The van der Waals surface area contributed by atoms with Crippen molar-refractivity contribution in [3.05, 3.63) is 95.9 Å². The SMILES string of the molecule is CC(C)c1c(C(=O)Nc2cccc(O)c2)c(-c2ccccc2)c(-c2ccc(F)cc2)n1CC[C@@H](O)C[C@@H](O)CC(=O)O. The fraction of sp³-hybridized carbons (Fsp3) is 0.273. The first-order valence-corrected chi connectivity index (χ1v) is 13.8. The maximum atomic E-state index is 14.1. The van der Waals surface area contributed by atoms with Crippen LogP contribution in [0.5, 0.6) is 5.75 Å². The molecule has 220 valence electrons. The zero-order valence-electron chi connectivity index (χ0n) is 23.5. The molecule has 0 aliphatic heterocycles. The fourth-order valence-corrected chi connectivity index (χ4v) is 5.27. The lowest BCUT2D eigenvalue weighted by Crippen LogP contribution is -2.22. The number of phenolic OH excluding ortho intramolecular Hbond substituents is 1. The summed E-state index contributed by atoms with van der Waals surface area (Å²) in [5.41, 5.74) is 4.20. The van der Waals surface area contributed by atoms with Gasteiger partial charge in [0.1, 0.15) is 11.6 Å². The molecule has 3 aromatic carbocycles. The molecule has 0 bridgehead atoms. The Morgan fingerprint density at radius 2 is 1.60 bits per heavy atom. The maximum Gasteiger partial charge on any atom is 0.305 e. The van der Waals surface area contributed by atoms with Gasteiger partial charge >= 0.3 is 5.97 Å². The zero-order chi connectivity index (χ0) is 30.4. The third-order valence-corrected chi connectivity index (χ3v) is 7.00. The quantitative estimate of drug-likeness (QED) is 0.141. The number of hydrogen-bond acceptors (Lipinski definition) is 5. The number of amides is 1. The molecular weight excluding hydrogens is 539 g/mol. The zero-order valence-corrected chi connectivity index (χ0v) is 23.5. The minimum absolute atomic E-state index is 0.00353. The molecule has 0 fully saturated rings. The number of carbonyl (C=O) groups is 2. The first-order chi connectivity index (χ1) is 20.0. The minimum Gasteiger partial charge on any atom is -0.508 e. The normalized spacial score (nSPS) is 12.7. The predicted molar refractivity (Wildman–Crippen MR) is 159 cm³/mol. The van der Waals surface area contributed by atoms with Crippen molar-refractivity contribution in [3.63, 3.8) is 0 Å². The lowest BCUT2D eigenvalue weighted by molar-refractivity contribution is -0.139. The number of aromatic hydroxyl groups is 1. The van der Waals surface area contributed by atoms with Crippen LogP contribution in [0.2, 0.25) is 0 Å². The van der Waals surface area contributed by atoms with Crippen LogP contribution >= 0.6 is 0 Å². The van der Waals surface area contributed by atoms with Gasteiger partial charge in [0, 0.05) is 29.6 Å². The first kappa shape index (κ1) is 30.5. The van der Waals surface area contributed by atoms with Gasteiger partial charge in [0.2, 0.25) is 0 Å². The monoisotopic (exact) mass is 574 g/mol. The van der Waals surface area contributed by atoms with Crippen LogP contribution in [-0.4, -0.2) is 49.1 Å². The molecule has 0 saturated heterocycles. The first-order valence-electron chi connectivity index (χ1n) is 13.8. The van der Waals surface area contributed by atoms with Crippen molar-refractivity contribution in [2.24, 2.45) is 0 Å². The second-order valence-corrected chi connectivity index (χ2v) is 10.6. The highest BCUT2D eigenvalue weighted by molar-refractivity contribution is 6.12. The van der Waals surface area contributed by atoms with E-state index in [1.807, 2.05) is 48.7 Å². The molecule has 4 rings (SSSR count). The number of hydrogen-bond donors (Lipinski definition) is 5. The van der Waals surface area contributed by atoms with Crippen LogP contribution in [0.25, 0.3) is 22.4 Å². The summed E-state index contributed by atoms with van der Waals surface area (Å²) in [7, 11) is 0. The van der Waals surface area contributed by atoms with E-state index in [1.165, 1.54) is 24.3 Å². The van der Waals surface area contributed by atoms with Crippen molar-refractivity contribution >= 4 is 17.6 Å². The number of nitrogens with one attached hydrogen (secondary N) is 1. The van der Waals surface area contributed by atoms with E-state index in [1.54, 1.807) is 24.3 Å². The average Bonchev–Trinajstić information content (AvgIpc) is 3.28. The molecule has 5 N–H and O–H groups in total. The van der Waals surface area contributed by atoms with Gasteiger partial charge in [0.15, 0.2) is 0 Å². The summed E-state index contributed by atoms with van der Waals surface area (Å²) in [6.45, 7) is 4.14. The average molecular weight is 575 g/mol. The van der Waals surface area contributed by atoms with Crippen LogP contribution in [0.15, 0.2) is 78.9 Å². The number of aliphatic carboxylic acids is 1. The molecule has 0 spiro atoms. The highest BCUT2D eigenvalue weighted by atomic mass is 19.1. The van der Waals surface area contributed by atoms with Gasteiger partial charge in [-0.1, -0.05) is 50.2 Å². The van der Waals surface area contributed by atoms with Crippen LogP contribution in [-0.2, 0) is 11.3 Å². The summed E-state index contributed by atoms with van der Waals surface area (Å²) >= 11 is 0. The Labute approximate surface area is 243 Å². The third-order valence-electron chi connectivity index (χ3n) is 7.00. The Morgan fingerprint density at radius 3 is 2.21 bits per heavy atom. The van der Waals surface area contributed by atoms with Crippen molar-refractivity contribution in [1.82, 2.24) is 4.57 Å². The van der Waals surface area contributed by atoms with E-state index in [2.05, 4.69) is 5.32 Å². The number of nitrogens with zero attached hydrogens (tertiary/aromatic N) is 1. The van der Waals surface area contributed by atoms with Crippen molar-refractivity contribution < 1.29 is 34.4 Å². The van der Waals surface area contributed by atoms with E-state index in [4.69, 9.17) is 5.11 Å². The van der Waals surface area contributed by atoms with Crippen LogP contribution in [0, 0.1) is 5.82 Å². The number of aliphatic hydroxyl groups excluding tert-OH is 2. The highest BCUT2D eigenvalue weighted by Crippen LogP contribution is 2.42. The van der Waals surface area contributed by atoms with E-state index < -0.39 is 36.3 Å². The molecule has 9 heteroatoms. The van der Waals surface area contributed by atoms with E-state index in [9.17, 15) is 29.3 Å². The maximum absolute atomic E-state index is 14.1. The number of phenols is 1. The van der Waals surface area contributed by atoms with Gasteiger partial charge in [0.05, 0.1) is 29.9 Å². The van der Waals surface area contributed by atoms with Crippen LogP contribution in [0.1, 0.15) is 55.1 Å². The summed E-state index contributed by atoms with van der Waals surface area (Å²) in [6, 6.07) is 21.6. The highest BCUT2D eigenvalue weighted by Gasteiger charge is 2.31. The Bertz CT molecular complexity index is 1530. The lowest BCUT2D eigenvalue weighted by Gasteiger charge is -2.20. The molecule has 2 atom stereocenters. The number of halogens is 1. The second kappa shape index (κ2) is 13.5. The summed E-state index contributed by atoms with van der Waals surface area (Å²) in [6.07, 6.45) is -2.64. The standard InChI is InChI=1S/C33H35FN2O6/c1-20(2)31-30(33(42)35-24-9-6-10-25(37)17-24)29(21-7-4-3-5-8-21)32(22-11-13-23(34)14-12-22)36(31)16-15-26(38)18-27(39)19-28(40)41/h3-14,17,20,26-27,37-39H,15-16,18-19H2,1-2H3,(H,35,42)(H,40,41)/t26-,27-/m1/s1. The summed E-state index contributed by atoms with van der Waals surface area (Å²) < 4.78 is 16.0. The summed E-state index contributed by atoms with van der Waals surface area (Å²) in [5.74, 6) is -2.13. The Kier molecular flexibility index (Phi) is 9.77. The number of anilines is 1. The number of carboxylic acids is 1. The molecule has 42 heavy (non-hydrogen) atoms. The second-order valence-electron chi connectivity index (χ2n) is 10.6. The molecule has 0 aliphatic carbocycles. The molecule has 1 heterocycles. The Balaban J connectivity index is 1.90. The van der Waals surface area contributed by atoms with Gasteiger partial charge in [0.25, 0.3) is 5.91 Å². The number of rotatable bonds is 12. The van der Waals surface area contributed by atoms with Gasteiger partial charge in [-0.15, -0.1) is 0 Å². The van der Waals surface area contributed by atoms with Crippen molar-refractivity contribution in [2.75, 3.05) is 5.32 Å². The van der Waals surface area contributed by atoms with Crippen molar-refractivity contribution in [3.8, 4) is 28.1 Å². The van der Waals surface area contributed by atoms with Gasteiger partial charge in [-0.25, -0.2) is 4.39 Å². The molecule has 0 radical (unpaired) electrons. The van der Waals surface area contributed by atoms with Crippen LogP contribution < -0.4 is 5.32 Å². The summed E-state index contributed by atoms with van der Waals surface area (Å²) in [5, 5.41) is 42.6. The predicted octanol–water partition coefficient (Wildman–Crippen LogP) is 6.02. The summed E-state index contributed by atoms with van der Waals surface area (Å²) in [4.78, 5) is 25.1. The molecule has 8 nitrogen and oxygen atoms in total. The number of aromatic nitrogens is 1. The molecule has 4 aromatic rings. The molecule has 0 unspecified atom stereocenters. The Hall–Kier alpha value is -4.47. The van der Waals surface area contributed by atoms with E-state index >= 15 is 0 Å². The number of carbonyl (C=O) groups excluding carboxylic acids is 1.